The van der Waals surface area contributed by atoms with E-state index in [4.69, 9.17) is 0 Å². The standard InChI is InChI=1S/C25H23NO2/c1-16-23(17-6-9-21(27)10-7-17)13-19-8-11-22(28)14-25(19)24(16)12-18-4-2-3-5-20(18)15-26/h2-11,14,16,23-24,27-28H,12-13H2,1H3/t16-,23+,24+/m0/s1. The van der Waals surface area contributed by atoms with Gasteiger partial charge in [0.25, 0.3) is 0 Å². The van der Waals surface area contributed by atoms with E-state index in [2.05, 4.69) is 13.0 Å². The van der Waals surface area contributed by atoms with Crippen LogP contribution in [0.4, 0.5) is 0 Å². The Hall–Kier alpha value is -3.25. The monoisotopic (exact) mass is 369 g/mol. The van der Waals surface area contributed by atoms with Crippen LogP contribution in [-0.4, -0.2) is 10.2 Å². The molecular formula is C25H23NO2. The Morgan fingerprint density at radius 1 is 0.964 bits per heavy atom. The van der Waals surface area contributed by atoms with Gasteiger partial charge >= 0.3 is 0 Å². The summed E-state index contributed by atoms with van der Waals surface area (Å²) in [5.41, 5.74) is 5.39. The molecule has 0 saturated heterocycles. The molecule has 0 saturated carbocycles. The van der Waals surface area contributed by atoms with E-state index in [0.29, 0.717) is 17.4 Å². The number of rotatable bonds is 3. The summed E-state index contributed by atoms with van der Waals surface area (Å²) < 4.78 is 0. The predicted molar refractivity (Wildman–Crippen MR) is 109 cm³/mol. The van der Waals surface area contributed by atoms with E-state index in [1.165, 1.54) is 16.7 Å². The molecule has 4 rings (SSSR count). The van der Waals surface area contributed by atoms with Crippen LogP contribution < -0.4 is 0 Å². The second-order valence-corrected chi connectivity index (χ2v) is 7.72. The lowest BCUT2D eigenvalue weighted by atomic mass is 9.65. The highest BCUT2D eigenvalue weighted by molar-refractivity contribution is 5.45. The summed E-state index contributed by atoms with van der Waals surface area (Å²) in [5, 5.41) is 29.2. The minimum Gasteiger partial charge on any atom is -0.508 e. The van der Waals surface area contributed by atoms with Gasteiger partial charge in [-0.3, -0.25) is 0 Å². The number of aromatic hydroxyl groups is 2. The maximum absolute atomic E-state index is 10.1. The Kier molecular flexibility index (Phi) is 4.79. The van der Waals surface area contributed by atoms with E-state index in [1.807, 2.05) is 48.5 Å². The third-order valence-corrected chi connectivity index (χ3v) is 6.14. The molecule has 0 aliphatic heterocycles. The zero-order valence-corrected chi connectivity index (χ0v) is 15.8. The third-order valence-electron chi connectivity index (χ3n) is 6.14. The highest BCUT2D eigenvalue weighted by atomic mass is 16.3. The summed E-state index contributed by atoms with van der Waals surface area (Å²) in [6.07, 6.45) is 1.66. The fourth-order valence-electron chi connectivity index (χ4n) is 4.58. The molecule has 0 fully saturated rings. The molecule has 1 aliphatic carbocycles. The van der Waals surface area contributed by atoms with Crippen LogP contribution in [0.25, 0.3) is 0 Å². The van der Waals surface area contributed by atoms with E-state index in [-0.39, 0.29) is 17.4 Å². The normalized spacial score (nSPS) is 20.9. The van der Waals surface area contributed by atoms with Crippen LogP contribution in [-0.2, 0) is 12.8 Å². The van der Waals surface area contributed by atoms with E-state index >= 15 is 0 Å². The molecule has 1 aliphatic rings. The average molecular weight is 369 g/mol. The second kappa shape index (κ2) is 7.40. The highest BCUT2D eigenvalue weighted by Gasteiger charge is 2.35. The van der Waals surface area contributed by atoms with Gasteiger partial charge in [0, 0.05) is 0 Å². The molecule has 0 spiro atoms. The average Bonchev–Trinajstić information content (AvgIpc) is 2.71. The molecule has 0 bridgehead atoms. The largest absolute Gasteiger partial charge is 0.508 e. The highest BCUT2D eigenvalue weighted by Crippen LogP contribution is 2.47. The van der Waals surface area contributed by atoms with Crippen LogP contribution in [0.5, 0.6) is 11.5 Å². The van der Waals surface area contributed by atoms with E-state index in [9.17, 15) is 15.5 Å². The number of phenolic OH excluding ortho intramolecular Hbond substituents is 2. The van der Waals surface area contributed by atoms with Gasteiger partial charge in [-0.15, -0.1) is 0 Å². The first-order valence-corrected chi connectivity index (χ1v) is 9.65. The van der Waals surface area contributed by atoms with E-state index in [0.717, 1.165) is 18.4 Å². The van der Waals surface area contributed by atoms with Crippen LogP contribution in [0.2, 0.25) is 0 Å². The first-order valence-electron chi connectivity index (χ1n) is 9.65. The van der Waals surface area contributed by atoms with Gasteiger partial charge in [-0.1, -0.05) is 43.3 Å². The molecule has 0 unspecified atom stereocenters. The smallest absolute Gasteiger partial charge is 0.115 e. The molecule has 3 atom stereocenters. The van der Waals surface area contributed by atoms with Crippen LogP contribution in [0.1, 0.15) is 46.6 Å². The molecule has 0 heterocycles. The van der Waals surface area contributed by atoms with Gasteiger partial charge in [-0.2, -0.15) is 5.26 Å². The summed E-state index contributed by atoms with van der Waals surface area (Å²) >= 11 is 0. The number of benzene rings is 3. The van der Waals surface area contributed by atoms with Crippen molar-refractivity contribution in [3.63, 3.8) is 0 Å². The van der Waals surface area contributed by atoms with E-state index in [1.54, 1.807) is 18.2 Å². The molecule has 140 valence electrons. The Morgan fingerprint density at radius 2 is 1.68 bits per heavy atom. The van der Waals surface area contributed by atoms with Gasteiger partial charge in [0.2, 0.25) is 0 Å². The van der Waals surface area contributed by atoms with Crippen molar-refractivity contribution in [3.8, 4) is 17.6 Å². The first-order chi connectivity index (χ1) is 13.6. The Morgan fingerprint density at radius 3 is 2.43 bits per heavy atom. The summed E-state index contributed by atoms with van der Waals surface area (Å²) in [6, 6.07) is 23.2. The number of nitriles is 1. The topological polar surface area (TPSA) is 64.2 Å². The molecule has 0 radical (unpaired) electrons. The van der Waals surface area contributed by atoms with Crippen LogP contribution in [0.15, 0.2) is 66.7 Å². The molecular weight excluding hydrogens is 346 g/mol. The Bertz CT molecular complexity index is 1030. The molecule has 3 nitrogen and oxygen atoms in total. The zero-order valence-electron chi connectivity index (χ0n) is 15.8. The Labute approximate surface area is 165 Å². The van der Waals surface area contributed by atoms with Gasteiger partial charge in [-0.25, -0.2) is 0 Å². The van der Waals surface area contributed by atoms with Crippen molar-refractivity contribution < 1.29 is 10.2 Å². The first kappa shape index (κ1) is 18.1. The van der Waals surface area contributed by atoms with Crippen molar-refractivity contribution in [2.75, 3.05) is 0 Å². The molecule has 0 aromatic heterocycles. The van der Waals surface area contributed by atoms with Gasteiger partial charge < -0.3 is 10.2 Å². The SMILES string of the molecule is C[C@H]1[C@H](c2ccc(O)cc2)Cc2ccc(O)cc2[C@@H]1Cc1ccccc1C#N. The number of hydrogen-bond donors (Lipinski definition) is 2. The van der Waals surface area contributed by atoms with Crippen molar-refractivity contribution in [1.29, 1.82) is 5.26 Å². The number of nitrogens with zero attached hydrogens (tertiary/aromatic N) is 1. The summed E-state index contributed by atoms with van der Waals surface area (Å²) in [7, 11) is 0. The van der Waals surface area contributed by atoms with E-state index < -0.39 is 0 Å². The lowest BCUT2D eigenvalue weighted by Crippen LogP contribution is -2.28. The molecule has 0 amide bonds. The maximum atomic E-state index is 10.1. The van der Waals surface area contributed by atoms with Crippen molar-refractivity contribution >= 4 is 0 Å². The van der Waals surface area contributed by atoms with Gasteiger partial charge in [0.05, 0.1) is 11.6 Å². The summed E-state index contributed by atoms with van der Waals surface area (Å²) in [5.74, 6) is 1.40. The fraction of sp³-hybridized carbons (Fsp3) is 0.240. The summed E-state index contributed by atoms with van der Waals surface area (Å²) in [4.78, 5) is 0. The quantitative estimate of drug-likeness (QED) is 0.661. The van der Waals surface area contributed by atoms with Gasteiger partial charge in [-0.05, 0) is 83.2 Å². The van der Waals surface area contributed by atoms with Crippen molar-refractivity contribution in [2.24, 2.45) is 5.92 Å². The zero-order chi connectivity index (χ0) is 19.7. The molecule has 3 aromatic rings. The minimum atomic E-state index is 0.198. The molecule has 3 aromatic carbocycles. The predicted octanol–water partition coefficient (Wildman–Crippen LogP) is 5.27. The Balaban J connectivity index is 1.77. The number of fused-ring (bicyclic) bond motifs is 1. The number of phenols is 2. The van der Waals surface area contributed by atoms with Crippen molar-refractivity contribution in [3.05, 3.63) is 94.5 Å². The fourth-order valence-corrected chi connectivity index (χ4v) is 4.58. The van der Waals surface area contributed by atoms with Crippen LogP contribution in [0.3, 0.4) is 0 Å². The van der Waals surface area contributed by atoms with Crippen molar-refractivity contribution in [1.82, 2.24) is 0 Å². The van der Waals surface area contributed by atoms with Gasteiger partial charge in [0.15, 0.2) is 0 Å². The third kappa shape index (κ3) is 3.34. The molecule has 28 heavy (non-hydrogen) atoms. The number of hydrogen-bond acceptors (Lipinski definition) is 3. The minimum absolute atomic E-state index is 0.198. The van der Waals surface area contributed by atoms with Crippen LogP contribution >= 0.6 is 0 Å². The lowest BCUT2D eigenvalue weighted by molar-refractivity contribution is 0.347. The maximum Gasteiger partial charge on any atom is 0.115 e. The lowest BCUT2D eigenvalue weighted by Gasteiger charge is -2.38. The molecule has 2 N–H and O–H groups in total. The van der Waals surface area contributed by atoms with Crippen LogP contribution in [0, 0.1) is 17.2 Å². The van der Waals surface area contributed by atoms with Crippen molar-refractivity contribution in [2.45, 2.75) is 31.6 Å². The summed E-state index contributed by atoms with van der Waals surface area (Å²) in [6.45, 7) is 2.25. The van der Waals surface area contributed by atoms with Gasteiger partial charge in [0.1, 0.15) is 11.5 Å². The molecule has 3 heteroatoms. The second-order valence-electron chi connectivity index (χ2n) is 7.72.